The van der Waals surface area contributed by atoms with Gasteiger partial charge in [0.2, 0.25) is 5.95 Å². The summed E-state index contributed by atoms with van der Waals surface area (Å²) < 4.78 is 11.6. The van der Waals surface area contributed by atoms with Gasteiger partial charge in [-0.3, -0.25) is 4.90 Å². The Bertz CT molecular complexity index is 722. The quantitative estimate of drug-likeness (QED) is 0.916. The molecule has 4 heterocycles. The summed E-state index contributed by atoms with van der Waals surface area (Å²) in [6.07, 6.45) is 5.43. The number of likely N-dealkylation sites (tertiary alicyclic amines) is 1. The zero-order chi connectivity index (χ0) is 16.6. The van der Waals surface area contributed by atoms with Crippen LogP contribution in [0.2, 0.25) is 0 Å². The Morgan fingerprint density at radius 3 is 2.92 bits per heavy atom. The van der Waals surface area contributed by atoms with E-state index < -0.39 is 0 Å². The molecule has 7 nitrogen and oxygen atoms in total. The highest BCUT2D eigenvalue weighted by Gasteiger charge is 2.42. The first kappa shape index (κ1) is 15.5. The number of anilines is 1. The predicted molar refractivity (Wildman–Crippen MR) is 88.2 cm³/mol. The summed E-state index contributed by atoms with van der Waals surface area (Å²) in [5.41, 5.74) is 8.68. The average Bonchev–Trinajstić information content (AvgIpc) is 3.06. The Kier molecular flexibility index (Phi) is 3.97. The van der Waals surface area contributed by atoms with Crippen LogP contribution in [0.25, 0.3) is 0 Å². The van der Waals surface area contributed by atoms with Crippen molar-refractivity contribution in [1.82, 2.24) is 20.0 Å². The number of aromatic nitrogens is 3. The number of hydrogen-bond donors (Lipinski definition) is 1. The van der Waals surface area contributed by atoms with Gasteiger partial charge in [0, 0.05) is 25.4 Å². The zero-order valence-corrected chi connectivity index (χ0v) is 14.0. The van der Waals surface area contributed by atoms with Gasteiger partial charge < -0.3 is 15.0 Å². The average molecular weight is 329 g/mol. The number of hydrogen-bond acceptors (Lipinski definition) is 7. The smallest absolute Gasteiger partial charge is 0.220 e. The predicted octanol–water partition coefficient (Wildman–Crippen LogP) is 1.67. The molecule has 0 saturated carbocycles. The van der Waals surface area contributed by atoms with E-state index in [-0.39, 0.29) is 5.60 Å². The van der Waals surface area contributed by atoms with Gasteiger partial charge in [-0.25, -0.2) is 9.97 Å². The van der Waals surface area contributed by atoms with Crippen LogP contribution in [0.3, 0.4) is 0 Å². The number of nitrogens with two attached hydrogens (primary N) is 1. The molecule has 2 aliphatic rings. The number of aryl methyl sites for hydroxylation is 1. The van der Waals surface area contributed by atoms with Crippen LogP contribution in [-0.2, 0) is 29.7 Å². The lowest BCUT2D eigenvalue weighted by molar-refractivity contribution is -0.103. The fourth-order valence-electron chi connectivity index (χ4n) is 3.69. The number of nitrogens with zero attached hydrogens (tertiary/aromatic N) is 4. The molecule has 7 heteroatoms. The molecule has 2 aromatic rings. The lowest BCUT2D eigenvalue weighted by Crippen LogP contribution is -2.47. The van der Waals surface area contributed by atoms with Gasteiger partial charge in [-0.05, 0) is 31.2 Å². The Morgan fingerprint density at radius 1 is 1.33 bits per heavy atom. The molecule has 0 unspecified atom stereocenters. The second-order valence-electron chi connectivity index (χ2n) is 6.61. The number of fused-ring (bicyclic) bond motifs is 2. The van der Waals surface area contributed by atoms with E-state index in [2.05, 4.69) is 26.9 Å². The van der Waals surface area contributed by atoms with Gasteiger partial charge in [0.15, 0.2) is 5.76 Å². The minimum absolute atomic E-state index is 0.308. The van der Waals surface area contributed by atoms with Gasteiger partial charge in [-0.2, -0.15) is 0 Å². The molecule has 24 heavy (non-hydrogen) atoms. The first-order valence-corrected chi connectivity index (χ1v) is 8.61. The molecule has 2 aliphatic heterocycles. The highest BCUT2D eigenvalue weighted by molar-refractivity contribution is 5.32. The van der Waals surface area contributed by atoms with Gasteiger partial charge >= 0.3 is 0 Å². The minimum atomic E-state index is -0.308. The van der Waals surface area contributed by atoms with Crippen LogP contribution in [-0.4, -0.2) is 39.7 Å². The lowest BCUT2D eigenvalue weighted by Gasteiger charge is -2.43. The molecular weight excluding hydrogens is 306 g/mol. The summed E-state index contributed by atoms with van der Waals surface area (Å²) in [7, 11) is 0. The molecule has 4 rings (SSSR count). The molecule has 0 amide bonds. The van der Waals surface area contributed by atoms with Crippen LogP contribution in [0.5, 0.6) is 0 Å². The largest absolute Gasteiger partial charge is 0.368 e. The molecular formula is C17H23N5O2. The highest BCUT2D eigenvalue weighted by atomic mass is 16.5. The number of rotatable bonds is 3. The second kappa shape index (κ2) is 6.14. The Labute approximate surface area is 141 Å². The van der Waals surface area contributed by atoms with Crippen LogP contribution in [0.4, 0.5) is 5.95 Å². The fraction of sp³-hybridized carbons (Fsp3) is 0.588. The van der Waals surface area contributed by atoms with Gasteiger partial charge in [0.25, 0.3) is 0 Å². The summed E-state index contributed by atoms with van der Waals surface area (Å²) in [5, 5.41) is 4.07. The van der Waals surface area contributed by atoms with Crippen molar-refractivity contribution in [3.63, 3.8) is 0 Å². The maximum absolute atomic E-state index is 6.20. The van der Waals surface area contributed by atoms with Crippen molar-refractivity contribution in [3.05, 3.63) is 35.0 Å². The van der Waals surface area contributed by atoms with E-state index in [1.807, 2.05) is 12.3 Å². The van der Waals surface area contributed by atoms with Gasteiger partial charge in [0.05, 0.1) is 24.5 Å². The first-order valence-electron chi connectivity index (χ1n) is 8.61. The number of nitrogen functional groups attached to an aromatic ring is 1. The SMILES string of the molecule is CCc1cc(CN2CCC3(CC2)OCCc2cnc(N)nc23)on1. The van der Waals surface area contributed by atoms with E-state index in [0.29, 0.717) is 5.95 Å². The summed E-state index contributed by atoms with van der Waals surface area (Å²) in [4.78, 5) is 11.0. The lowest BCUT2D eigenvalue weighted by atomic mass is 9.83. The Morgan fingerprint density at radius 2 is 2.17 bits per heavy atom. The van der Waals surface area contributed by atoms with Crippen LogP contribution in [0.15, 0.2) is 16.8 Å². The van der Waals surface area contributed by atoms with Crippen molar-refractivity contribution in [1.29, 1.82) is 0 Å². The third-order valence-corrected chi connectivity index (χ3v) is 5.08. The summed E-state index contributed by atoms with van der Waals surface area (Å²) >= 11 is 0. The van der Waals surface area contributed by atoms with E-state index in [1.165, 1.54) is 5.56 Å². The number of piperidine rings is 1. The second-order valence-corrected chi connectivity index (χ2v) is 6.61. The highest BCUT2D eigenvalue weighted by Crippen LogP contribution is 2.40. The summed E-state index contributed by atoms with van der Waals surface area (Å²) in [6, 6.07) is 2.05. The Balaban J connectivity index is 1.47. The minimum Gasteiger partial charge on any atom is -0.368 e. The molecule has 0 radical (unpaired) electrons. The van der Waals surface area contributed by atoms with Crippen molar-refractivity contribution in [3.8, 4) is 0 Å². The zero-order valence-electron chi connectivity index (χ0n) is 14.0. The summed E-state index contributed by atoms with van der Waals surface area (Å²) in [5.74, 6) is 1.26. The number of ether oxygens (including phenoxy) is 1. The molecule has 1 fully saturated rings. The van der Waals surface area contributed by atoms with Crippen molar-refractivity contribution in [2.24, 2.45) is 0 Å². The molecule has 0 atom stereocenters. The molecule has 2 aromatic heterocycles. The third kappa shape index (κ3) is 2.78. The molecule has 0 aliphatic carbocycles. The standard InChI is InChI=1S/C17H23N5O2/c1-2-13-9-14(24-21-13)11-22-6-4-17(5-7-22)15-12(3-8-23-17)10-19-16(18)20-15/h9-10H,2-8,11H2,1H3,(H2,18,19,20). The maximum atomic E-state index is 6.20. The molecule has 1 saturated heterocycles. The van der Waals surface area contributed by atoms with E-state index >= 15 is 0 Å². The van der Waals surface area contributed by atoms with Gasteiger partial charge in [0.1, 0.15) is 5.60 Å². The van der Waals surface area contributed by atoms with Crippen LogP contribution in [0.1, 0.15) is 42.5 Å². The van der Waals surface area contributed by atoms with Crippen LogP contribution < -0.4 is 5.73 Å². The van der Waals surface area contributed by atoms with Gasteiger partial charge in [-0.1, -0.05) is 12.1 Å². The fourth-order valence-corrected chi connectivity index (χ4v) is 3.69. The molecule has 1 spiro atoms. The van der Waals surface area contributed by atoms with E-state index in [0.717, 1.165) is 69.1 Å². The third-order valence-electron chi connectivity index (χ3n) is 5.08. The van der Waals surface area contributed by atoms with E-state index in [1.54, 1.807) is 0 Å². The van der Waals surface area contributed by atoms with Gasteiger partial charge in [-0.15, -0.1) is 0 Å². The normalized spacial score (nSPS) is 20.2. The maximum Gasteiger partial charge on any atom is 0.220 e. The van der Waals surface area contributed by atoms with Crippen molar-refractivity contribution < 1.29 is 9.26 Å². The van der Waals surface area contributed by atoms with E-state index in [4.69, 9.17) is 15.0 Å². The van der Waals surface area contributed by atoms with Crippen molar-refractivity contribution in [2.45, 2.75) is 44.8 Å². The molecule has 2 N–H and O–H groups in total. The van der Waals surface area contributed by atoms with Crippen LogP contribution >= 0.6 is 0 Å². The van der Waals surface area contributed by atoms with Crippen molar-refractivity contribution in [2.75, 3.05) is 25.4 Å². The monoisotopic (exact) mass is 329 g/mol. The van der Waals surface area contributed by atoms with E-state index in [9.17, 15) is 0 Å². The first-order chi connectivity index (χ1) is 11.7. The summed E-state index contributed by atoms with van der Waals surface area (Å²) in [6.45, 7) is 5.47. The van der Waals surface area contributed by atoms with Crippen molar-refractivity contribution >= 4 is 5.95 Å². The Hall–Kier alpha value is -1.99. The topological polar surface area (TPSA) is 90.3 Å². The molecule has 0 bridgehead atoms. The molecule has 0 aromatic carbocycles. The van der Waals surface area contributed by atoms with Crippen LogP contribution in [0, 0.1) is 0 Å². The molecule has 128 valence electrons.